The molecule has 86 valence electrons. The molecule has 0 saturated carbocycles. The van der Waals surface area contributed by atoms with Crippen molar-refractivity contribution in [3.63, 3.8) is 0 Å². The van der Waals surface area contributed by atoms with Crippen molar-refractivity contribution in [2.24, 2.45) is 5.92 Å². The molecular weight excluding hydrogens is 216 g/mol. The maximum absolute atomic E-state index is 11.5. The molecule has 0 amide bonds. The molecule has 0 spiro atoms. The molecule has 0 saturated heterocycles. The fourth-order valence-electron chi connectivity index (χ4n) is 0.897. The zero-order valence-corrected chi connectivity index (χ0v) is 9.85. The second-order valence-corrected chi connectivity index (χ2v) is 5.28. The number of rotatable bonds is 5. The first-order valence-corrected chi connectivity index (χ1v) is 6.16. The monoisotopic (exact) mass is 232 g/mol. The van der Waals surface area contributed by atoms with Gasteiger partial charge in [-0.3, -0.25) is 9.82 Å². The molecule has 6 nitrogen and oxygen atoms in total. The van der Waals surface area contributed by atoms with E-state index in [0.29, 0.717) is 12.4 Å². The zero-order chi connectivity index (χ0) is 11.5. The number of hydrogen-bond acceptors (Lipinski definition) is 3. The molecular formula is C8H16N4O2S. The van der Waals surface area contributed by atoms with Gasteiger partial charge in [-0.05, 0) is 12.8 Å². The van der Waals surface area contributed by atoms with Gasteiger partial charge in [-0.1, -0.05) is 13.8 Å². The first kappa shape index (κ1) is 12.0. The Labute approximate surface area is 89.6 Å². The van der Waals surface area contributed by atoms with Crippen molar-refractivity contribution in [3.8, 4) is 0 Å². The Kier molecular flexibility index (Phi) is 3.70. The summed E-state index contributed by atoms with van der Waals surface area (Å²) >= 11 is 0. The first-order chi connectivity index (χ1) is 6.91. The average molecular weight is 232 g/mol. The molecule has 1 aromatic heterocycles. The van der Waals surface area contributed by atoms with E-state index in [1.807, 2.05) is 13.8 Å². The molecule has 0 unspecified atom stereocenters. The van der Waals surface area contributed by atoms with E-state index in [0.717, 1.165) is 5.56 Å². The summed E-state index contributed by atoms with van der Waals surface area (Å²) in [7, 11) is -3.49. The SMILES string of the molecule is Cc1cn[nH]c1NS(=O)(=O)NCC(C)C. The van der Waals surface area contributed by atoms with Gasteiger partial charge < -0.3 is 0 Å². The number of anilines is 1. The van der Waals surface area contributed by atoms with Crippen LogP contribution in [0.3, 0.4) is 0 Å². The quantitative estimate of drug-likeness (QED) is 0.695. The van der Waals surface area contributed by atoms with E-state index in [9.17, 15) is 8.42 Å². The summed E-state index contributed by atoms with van der Waals surface area (Å²) in [6.45, 7) is 6.04. The van der Waals surface area contributed by atoms with Gasteiger partial charge in [0.25, 0.3) is 10.2 Å². The number of nitrogens with zero attached hydrogens (tertiary/aromatic N) is 1. The molecule has 1 rings (SSSR count). The molecule has 1 heterocycles. The van der Waals surface area contributed by atoms with Crippen LogP contribution in [0.2, 0.25) is 0 Å². The molecule has 3 N–H and O–H groups in total. The van der Waals surface area contributed by atoms with Crippen LogP contribution in [0.1, 0.15) is 19.4 Å². The fourth-order valence-corrected chi connectivity index (χ4v) is 2.00. The minimum atomic E-state index is -3.49. The fraction of sp³-hybridized carbons (Fsp3) is 0.625. The number of H-pyrrole nitrogens is 1. The Balaban J connectivity index is 2.61. The molecule has 0 aliphatic heterocycles. The van der Waals surface area contributed by atoms with Gasteiger partial charge in [0.05, 0.1) is 6.20 Å². The lowest BCUT2D eigenvalue weighted by Crippen LogP contribution is -2.33. The van der Waals surface area contributed by atoms with Crippen LogP contribution in [0.15, 0.2) is 6.20 Å². The smallest absolute Gasteiger partial charge is 0.262 e. The number of aryl methyl sites for hydroxylation is 1. The van der Waals surface area contributed by atoms with Crippen LogP contribution in [0.4, 0.5) is 5.82 Å². The van der Waals surface area contributed by atoms with Crippen molar-refractivity contribution in [1.82, 2.24) is 14.9 Å². The van der Waals surface area contributed by atoms with E-state index in [1.54, 1.807) is 13.1 Å². The molecule has 0 bridgehead atoms. The third-order valence-corrected chi connectivity index (χ3v) is 2.77. The number of hydrogen-bond donors (Lipinski definition) is 3. The summed E-state index contributed by atoms with van der Waals surface area (Å²) in [6, 6.07) is 0. The van der Waals surface area contributed by atoms with E-state index >= 15 is 0 Å². The second-order valence-electron chi connectivity index (χ2n) is 3.78. The second kappa shape index (κ2) is 4.63. The molecule has 0 aliphatic rings. The molecule has 0 radical (unpaired) electrons. The summed E-state index contributed by atoms with van der Waals surface area (Å²) in [5.41, 5.74) is 0.755. The maximum Gasteiger partial charge on any atom is 0.300 e. The highest BCUT2D eigenvalue weighted by Crippen LogP contribution is 2.09. The Hall–Kier alpha value is -1.08. The highest BCUT2D eigenvalue weighted by molar-refractivity contribution is 7.90. The maximum atomic E-state index is 11.5. The number of aromatic amines is 1. The summed E-state index contributed by atoms with van der Waals surface area (Å²) in [5.74, 6) is 0.663. The predicted molar refractivity (Wildman–Crippen MR) is 58.7 cm³/mol. The van der Waals surface area contributed by atoms with Gasteiger partial charge in [0.15, 0.2) is 0 Å². The van der Waals surface area contributed by atoms with Gasteiger partial charge >= 0.3 is 0 Å². The largest absolute Gasteiger partial charge is 0.300 e. The van der Waals surface area contributed by atoms with Crippen LogP contribution in [0, 0.1) is 12.8 Å². The van der Waals surface area contributed by atoms with Crippen molar-refractivity contribution in [2.45, 2.75) is 20.8 Å². The van der Waals surface area contributed by atoms with Crippen LogP contribution in [-0.2, 0) is 10.2 Å². The number of aromatic nitrogens is 2. The number of nitrogens with one attached hydrogen (secondary N) is 3. The zero-order valence-electron chi connectivity index (χ0n) is 9.03. The Morgan fingerprint density at radius 2 is 2.20 bits per heavy atom. The third kappa shape index (κ3) is 3.88. The Morgan fingerprint density at radius 1 is 1.53 bits per heavy atom. The van der Waals surface area contributed by atoms with Gasteiger partial charge in [-0.2, -0.15) is 18.2 Å². The van der Waals surface area contributed by atoms with Gasteiger partial charge in [0, 0.05) is 12.1 Å². The Morgan fingerprint density at radius 3 is 2.67 bits per heavy atom. The molecule has 0 fully saturated rings. The van der Waals surface area contributed by atoms with Crippen molar-refractivity contribution < 1.29 is 8.42 Å². The minimum Gasteiger partial charge on any atom is -0.262 e. The topological polar surface area (TPSA) is 86.9 Å². The van der Waals surface area contributed by atoms with Crippen LogP contribution < -0.4 is 9.44 Å². The van der Waals surface area contributed by atoms with Crippen molar-refractivity contribution in [3.05, 3.63) is 11.8 Å². The highest BCUT2D eigenvalue weighted by Gasteiger charge is 2.12. The van der Waals surface area contributed by atoms with Crippen LogP contribution in [0.25, 0.3) is 0 Å². The van der Waals surface area contributed by atoms with Gasteiger partial charge in [0.2, 0.25) is 0 Å². The lowest BCUT2D eigenvalue weighted by molar-refractivity contribution is 0.564. The first-order valence-electron chi connectivity index (χ1n) is 4.68. The molecule has 0 atom stereocenters. The molecule has 15 heavy (non-hydrogen) atoms. The van der Waals surface area contributed by atoms with Crippen molar-refractivity contribution >= 4 is 16.0 Å². The van der Waals surface area contributed by atoms with Gasteiger partial charge in [-0.25, -0.2) is 0 Å². The van der Waals surface area contributed by atoms with Crippen molar-refractivity contribution in [2.75, 3.05) is 11.3 Å². The molecule has 7 heteroatoms. The van der Waals surface area contributed by atoms with Crippen molar-refractivity contribution in [1.29, 1.82) is 0 Å². The van der Waals surface area contributed by atoms with E-state index in [1.165, 1.54) is 0 Å². The van der Waals surface area contributed by atoms with E-state index in [4.69, 9.17) is 0 Å². The molecule has 0 aliphatic carbocycles. The van der Waals surface area contributed by atoms with E-state index in [-0.39, 0.29) is 5.92 Å². The predicted octanol–water partition coefficient (Wildman–Crippen LogP) is 0.620. The highest BCUT2D eigenvalue weighted by atomic mass is 32.2. The standard InChI is InChI=1S/C8H16N4O2S/c1-6(2)4-10-15(13,14)12-8-7(3)5-9-11-8/h5-6,10H,4H2,1-3H3,(H2,9,11,12). The third-order valence-electron chi connectivity index (χ3n) is 1.75. The summed E-state index contributed by atoms with van der Waals surface area (Å²) in [5, 5.41) is 6.29. The van der Waals surface area contributed by atoms with Crippen LogP contribution >= 0.6 is 0 Å². The normalized spacial score (nSPS) is 12.0. The van der Waals surface area contributed by atoms with E-state index < -0.39 is 10.2 Å². The van der Waals surface area contributed by atoms with Crippen LogP contribution in [-0.4, -0.2) is 25.2 Å². The van der Waals surface area contributed by atoms with Crippen LogP contribution in [0.5, 0.6) is 0 Å². The average Bonchev–Trinajstić information content (AvgIpc) is 2.48. The molecule has 1 aromatic rings. The lowest BCUT2D eigenvalue weighted by Gasteiger charge is -2.09. The van der Waals surface area contributed by atoms with E-state index in [2.05, 4.69) is 19.6 Å². The summed E-state index contributed by atoms with van der Waals surface area (Å²) < 4.78 is 27.8. The Bertz CT molecular complexity index is 410. The minimum absolute atomic E-state index is 0.268. The lowest BCUT2D eigenvalue weighted by atomic mass is 10.2. The summed E-state index contributed by atoms with van der Waals surface area (Å²) in [6.07, 6.45) is 1.56. The van der Waals surface area contributed by atoms with Gasteiger partial charge in [-0.15, -0.1) is 0 Å². The molecule has 0 aromatic carbocycles. The van der Waals surface area contributed by atoms with Gasteiger partial charge in [0.1, 0.15) is 5.82 Å². The summed E-state index contributed by atoms with van der Waals surface area (Å²) in [4.78, 5) is 0.